The van der Waals surface area contributed by atoms with Crippen molar-refractivity contribution in [1.82, 2.24) is 0 Å². The fourth-order valence-corrected chi connectivity index (χ4v) is 1.91. The molecule has 2 rings (SSSR count). The van der Waals surface area contributed by atoms with E-state index in [9.17, 15) is 0 Å². The molecule has 0 spiro atoms. The quantitative estimate of drug-likeness (QED) is 0.787. The number of nitrogens with zero attached hydrogens (tertiary/aromatic N) is 1. The van der Waals surface area contributed by atoms with Crippen LogP contribution in [0.3, 0.4) is 0 Å². The van der Waals surface area contributed by atoms with Gasteiger partial charge in [-0.15, -0.1) is 0 Å². The second-order valence-corrected chi connectivity index (χ2v) is 4.76. The van der Waals surface area contributed by atoms with E-state index in [-0.39, 0.29) is 0 Å². The Balaban J connectivity index is 2.02. The Hall–Kier alpha value is -2.33. The van der Waals surface area contributed by atoms with Gasteiger partial charge in [0, 0.05) is 0 Å². The molecule has 94 valence electrons. The molecule has 0 N–H and O–H groups in total. The van der Waals surface area contributed by atoms with Gasteiger partial charge in [-0.2, -0.15) is 5.26 Å². The number of hydrogen-bond donors (Lipinski definition) is 0. The summed E-state index contributed by atoms with van der Waals surface area (Å²) in [6, 6.07) is 16.3. The fraction of sp³-hybridized carbons (Fsp3) is 0.167. The van der Waals surface area contributed by atoms with Gasteiger partial charge in [0.15, 0.2) is 0 Å². The number of aryl methyl sites for hydroxylation is 2. The van der Waals surface area contributed by atoms with E-state index >= 15 is 0 Å². The summed E-state index contributed by atoms with van der Waals surface area (Å²) < 4.78 is 0. The van der Waals surface area contributed by atoms with Crippen LogP contribution in [0.1, 0.15) is 27.8 Å². The van der Waals surface area contributed by atoms with E-state index in [0.29, 0.717) is 5.56 Å². The van der Waals surface area contributed by atoms with Gasteiger partial charge in [-0.25, -0.2) is 0 Å². The summed E-state index contributed by atoms with van der Waals surface area (Å²) in [6.45, 7) is 4.26. The minimum atomic E-state index is 0.710. The van der Waals surface area contributed by atoms with Crippen LogP contribution >= 0.6 is 0 Å². The van der Waals surface area contributed by atoms with Gasteiger partial charge < -0.3 is 0 Å². The third-order valence-corrected chi connectivity index (χ3v) is 3.28. The van der Waals surface area contributed by atoms with Gasteiger partial charge in [0.2, 0.25) is 0 Å². The molecule has 0 saturated heterocycles. The highest BCUT2D eigenvalue weighted by Gasteiger charge is 1.94. The topological polar surface area (TPSA) is 23.8 Å². The molecule has 1 nitrogen and oxygen atoms in total. The van der Waals surface area contributed by atoms with Gasteiger partial charge >= 0.3 is 0 Å². The number of rotatable bonds is 3. The molecule has 0 aliphatic rings. The second-order valence-electron chi connectivity index (χ2n) is 4.76. The van der Waals surface area contributed by atoms with Crippen molar-refractivity contribution in [2.45, 2.75) is 20.3 Å². The summed E-state index contributed by atoms with van der Waals surface area (Å²) >= 11 is 0. The largest absolute Gasteiger partial charge is 0.192 e. The number of allylic oxidation sites excluding steroid dienone is 1. The highest BCUT2D eigenvalue weighted by Crippen LogP contribution is 2.12. The lowest BCUT2D eigenvalue weighted by Crippen LogP contribution is -1.83. The predicted octanol–water partition coefficient (Wildman–Crippen LogP) is 4.43. The molecule has 0 amide bonds. The van der Waals surface area contributed by atoms with Gasteiger partial charge in [-0.1, -0.05) is 42.5 Å². The minimum absolute atomic E-state index is 0.710. The Labute approximate surface area is 114 Å². The maximum absolute atomic E-state index is 8.74. The van der Waals surface area contributed by atoms with E-state index in [1.807, 2.05) is 24.3 Å². The molecule has 2 aromatic rings. The molecular weight excluding hydrogens is 230 g/mol. The molecular formula is C18H17N. The fourth-order valence-electron chi connectivity index (χ4n) is 1.91. The third kappa shape index (κ3) is 3.56. The van der Waals surface area contributed by atoms with Gasteiger partial charge in [0.05, 0.1) is 11.6 Å². The molecule has 2 aromatic carbocycles. The normalized spacial score (nSPS) is 10.6. The van der Waals surface area contributed by atoms with Crippen LogP contribution in [0.5, 0.6) is 0 Å². The maximum atomic E-state index is 8.74. The molecule has 0 heterocycles. The first-order valence-corrected chi connectivity index (χ1v) is 6.42. The van der Waals surface area contributed by atoms with Crippen LogP contribution in [0.4, 0.5) is 0 Å². The molecule has 19 heavy (non-hydrogen) atoms. The minimum Gasteiger partial charge on any atom is -0.192 e. The molecule has 0 aliphatic heterocycles. The zero-order chi connectivity index (χ0) is 13.7. The van der Waals surface area contributed by atoms with E-state index in [1.165, 1.54) is 22.3 Å². The first-order chi connectivity index (χ1) is 9.19. The summed E-state index contributed by atoms with van der Waals surface area (Å²) in [5.74, 6) is 0. The Bertz CT molecular complexity index is 628. The van der Waals surface area contributed by atoms with Crippen molar-refractivity contribution in [3.8, 4) is 6.07 Å². The van der Waals surface area contributed by atoms with Crippen LogP contribution in [-0.2, 0) is 6.42 Å². The molecule has 0 fully saturated rings. The summed E-state index contributed by atoms with van der Waals surface area (Å²) in [7, 11) is 0. The monoisotopic (exact) mass is 247 g/mol. The molecule has 0 saturated carbocycles. The zero-order valence-electron chi connectivity index (χ0n) is 11.4. The molecule has 0 atom stereocenters. The van der Waals surface area contributed by atoms with Gasteiger partial charge in [0.1, 0.15) is 0 Å². The standard InChI is InChI=1S/C18H17N/c1-14-6-7-17(12-15(14)2)5-3-4-16-8-10-18(13-19)11-9-16/h3,5-12H,4H2,1-2H3/b5-3+. The Morgan fingerprint density at radius 1 is 1.00 bits per heavy atom. The summed E-state index contributed by atoms with van der Waals surface area (Å²) in [4.78, 5) is 0. The summed E-state index contributed by atoms with van der Waals surface area (Å²) in [5.41, 5.74) is 5.81. The third-order valence-electron chi connectivity index (χ3n) is 3.28. The molecule has 0 unspecified atom stereocenters. The van der Waals surface area contributed by atoms with Crippen molar-refractivity contribution in [3.63, 3.8) is 0 Å². The van der Waals surface area contributed by atoms with Crippen molar-refractivity contribution >= 4 is 6.08 Å². The maximum Gasteiger partial charge on any atom is 0.0991 e. The smallest absolute Gasteiger partial charge is 0.0991 e. The number of nitriles is 1. The van der Waals surface area contributed by atoms with Crippen molar-refractivity contribution in [3.05, 3.63) is 76.4 Å². The highest BCUT2D eigenvalue weighted by atomic mass is 14.2. The van der Waals surface area contributed by atoms with E-state index in [2.05, 4.69) is 50.3 Å². The number of benzene rings is 2. The van der Waals surface area contributed by atoms with E-state index in [4.69, 9.17) is 5.26 Å². The first-order valence-electron chi connectivity index (χ1n) is 6.42. The van der Waals surface area contributed by atoms with Crippen molar-refractivity contribution in [1.29, 1.82) is 5.26 Å². The SMILES string of the molecule is Cc1ccc(/C=C/Cc2ccc(C#N)cc2)cc1C. The van der Waals surface area contributed by atoms with Crippen molar-refractivity contribution in [2.24, 2.45) is 0 Å². The second kappa shape index (κ2) is 6.02. The average Bonchev–Trinajstić information content (AvgIpc) is 2.43. The van der Waals surface area contributed by atoms with Crippen LogP contribution in [-0.4, -0.2) is 0 Å². The average molecular weight is 247 g/mol. The van der Waals surface area contributed by atoms with Crippen LogP contribution in [0.15, 0.2) is 48.5 Å². The molecule has 0 aromatic heterocycles. The van der Waals surface area contributed by atoms with Crippen LogP contribution in [0, 0.1) is 25.2 Å². The van der Waals surface area contributed by atoms with Gasteiger partial charge in [-0.3, -0.25) is 0 Å². The summed E-state index contributed by atoms with van der Waals surface area (Å²) in [5, 5.41) is 8.74. The van der Waals surface area contributed by atoms with E-state index in [1.54, 1.807) is 0 Å². The van der Waals surface area contributed by atoms with Crippen molar-refractivity contribution < 1.29 is 0 Å². The van der Waals surface area contributed by atoms with Gasteiger partial charge in [-0.05, 0) is 54.7 Å². The predicted molar refractivity (Wildman–Crippen MR) is 79.8 cm³/mol. The Morgan fingerprint density at radius 3 is 2.37 bits per heavy atom. The molecule has 0 bridgehead atoms. The Kier molecular flexibility index (Phi) is 4.15. The number of hydrogen-bond acceptors (Lipinski definition) is 1. The Morgan fingerprint density at radius 2 is 1.74 bits per heavy atom. The zero-order valence-corrected chi connectivity index (χ0v) is 11.4. The van der Waals surface area contributed by atoms with Crippen molar-refractivity contribution in [2.75, 3.05) is 0 Å². The summed E-state index contributed by atoms with van der Waals surface area (Å²) in [6.07, 6.45) is 5.19. The lowest BCUT2D eigenvalue weighted by molar-refractivity contribution is 1.27. The lowest BCUT2D eigenvalue weighted by Gasteiger charge is -2.01. The van der Waals surface area contributed by atoms with Gasteiger partial charge in [0.25, 0.3) is 0 Å². The van der Waals surface area contributed by atoms with Crippen LogP contribution in [0.25, 0.3) is 6.08 Å². The van der Waals surface area contributed by atoms with E-state index < -0.39 is 0 Å². The highest BCUT2D eigenvalue weighted by molar-refractivity contribution is 5.52. The van der Waals surface area contributed by atoms with Crippen LogP contribution in [0.2, 0.25) is 0 Å². The van der Waals surface area contributed by atoms with Crippen LogP contribution < -0.4 is 0 Å². The molecule has 1 heteroatoms. The molecule has 0 aliphatic carbocycles. The first kappa shape index (κ1) is 13.1. The van der Waals surface area contributed by atoms with E-state index in [0.717, 1.165) is 6.42 Å². The lowest BCUT2D eigenvalue weighted by atomic mass is 10.0. The molecule has 0 radical (unpaired) electrons.